The highest BCUT2D eigenvalue weighted by Gasteiger charge is 2.29. The van der Waals surface area contributed by atoms with Gasteiger partial charge in [0.05, 0.1) is 0 Å². The van der Waals surface area contributed by atoms with E-state index in [1.54, 1.807) is 12.1 Å². The van der Waals surface area contributed by atoms with Crippen molar-refractivity contribution in [2.24, 2.45) is 5.92 Å². The first-order valence-electron chi connectivity index (χ1n) is 7.59. The Morgan fingerprint density at radius 2 is 2.10 bits per heavy atom. The van der Waals surface area contributed by atoms with E-state index in [4.69, 9.17) is 4.74 Å². The highest BCUT2D eigenvalue weighted by molar-refractivity contribution is 5.85. The summed E-state index contributed by atoms with van der Waals surface area (Å²) in [5.74, 6) is 0.134. The van der Waals surface area contributed by atoms with Crippen molar-refractivity contribution in [3.05, 3.63) is 35.6 Å². The van der Waals surface area contributed by atoms with Crippen molar-refractivity contribution in [3.8, 4) is 0 Å². The molecule has 1 saturated carbocycles. The Hall–Kier alpha value is -1.22. The molecule has 2 nitrogen and oxygen atoms in total. The van der Waals surface area contributed by atoms with Gasteiger partial charge in [-0.3, -0.25) is 4.79 Å². The fourth-order valence-corrected chi connectivity index (χ4v) is 3.06. The number of Topliss-reactive ketones (excluding diaryl/α,β-unsaturated/α-hetero) is 1. The molecule has 0 saturated heterocycles. The molecule has 0 bridgehead atoms. The quantitative estimate of drug-likeness (QED) is 0.788. The number of ketones is 1. The molecule has 3 heteroatoms. The molecule has 1 aliphatic carbocycles. The van der Waals surface area contributed by atoms with Gasteiger partial charge in [-0.05, 0) is 43.4 Å². The van der Waals surface area contributed by atoms with Crippen LogP contribution in [0.2, 0.25) is 0 Å². The SMILES string of the molecule is CCOC(C(=O)Cc1cccc(F)c1)C1CCCCC1. The summed E-state index contributed by atoms with van der Waals surface area (Å²) >= 11 is 0. The number of benzene rings is 1. The van der Waals surface area contributed by atoms with E-state index in [-0.39, 0.29) is 24.1 Å². The summed E-state index contributed by atoms with van der Waals surface area (Å²) in [7, 11) is 0. The largest absolute Gasteiger partial charge is 0.370 e. The van der Waals surface area contributed by atoms with Gasteiger partial charge in [0.25, 0.3) is 0 Å². The zero-order valence-corrected chi connectivity index (χ0v) is 12.1. The molecule has 0 radical (unpaired) electrons. The minimum atomic E-state index is -0.316. The number of halogens is 1. The number of hydrogen-bond acceptors (Lipinski definition) is 2. The summed E-state index contributed by atoms with van der Waals surface area (Å²) in [6.07, 6.45) is 5.71. The molecule has 1 unspecified atom stereocenters. The number of carbonyl (C=O) groups excluding carboxylic acids is 1. The number of hydrogen-bond donors (Lipinski definition) is 0. The first kappa shape index (κ1) is 15.2. The van der Waals surface area contributed by atoms with Crippen LogP contribution in [-0.2, 0) is 16.0 Å². The fraction of sp³-hybridized carbons (Fsp3) is 0.588. The second-order valence-corrected chi connectivity index (χ2v) is 5.55. The zero-order valence-electron chi connectivity index (χ0n) is 12.1. The van der Waals surface area contributed by atoms with Crippen molar-refractivity contribution >= 4 is 5.78 Å². The molecule has 1 atom stereocenters. The third-order valence-electron chi connectivity index (χ3n) is 4.01. The molecule has 0 amide bonds. The first-order valence-corrected chi connectivity index (χ1v) is 7.59. The topological polar surface area (TPSA) is 26.3 Å². The molecule has 0 aromatic heterocycles. The van der Waals surface area contributed by atoms with Crippen molar-refractivity contribution in [3.63, 3.8) is 0 Å². The normalized spacial score (nSPS) is 17.9. The maximum absolute atomic E-state index is 13.2. The molecule has 1 aromatic rings. The van der Waals surface area contributed by atoms with Crippen LogP contribution in [0.5, 0.6) is 0 Å². The van der Waals surface area contributed by atoms with Crippen LogP contribution in [0, 0.1) is 11.7 Å². The van der Waals surface area contributed by atoms with Gasteiger partial charge in [-0.15, -0.1) is 0 Å². The van der Waals surface area contributed by atoms with Gasteiger partial charge in [-0.25, -0.2) is 4.39 Å². The third kappa shape index (κ3) is 4.14. The van der Waals surface area contributed by atoms with Gasteiger partial charge in [0.2, 0.25) is 0 Å². The molecule has 0 aliphatic heterocycles. The molecule has 20 heavy (non-hydrogen) atoms. The van der Waals surface area contributed by atoms with E-state index in [9.17, 15) is 9.18 Å². The van der Waals surface area contributed by atoms with E-state index in [1.165, 1.54) is 31.4 Å². The van der Waals surface area contributed by atoms with Crippen molar-refractivity contribution in [1.82, 2.24) is 0 Å². The molecular formula is C17H23FO2. The Balaban J connectivity index is 2.02. The van der Waals surface area contributed by atoms with Crippen molar-refractivity contribution in [2.45, 2.75) is 51.6 Å². The maximum atomic E-state index is 13.2. The molecular weight excluding hydrogens is 255 g/mol. The van der Waals surface area contributed by atoms with Gasteiger partial charge >= 0.3 is 0 Å². The fourth-order valence-electron chi connectivity index (χ4n) is 3.06. The maximum Gasteiger partial charge on any atom is 0.166 e. The molecule has 0 N–H and O–H groups in total. The minimum Gasteiger partial charge on any atom is -0.370 e. The monoisotopic (exact) mass is 278 g/mol. The van der Waals surface area contributed by atoms with Crippen LogP contribution in [0.15, 0.2) is 24.3 Å². The predicted molar refractivity (Wildman–Crippen MR) is 77.1 cm³/mol. The lowest BCUT2D eigenvalue weighted by Gasteiger charge is -2.29. The third-order valence-corrected chi connectivity index (χ3v) is 4.01. The summed E-state index contributed by atoms with van der Waals surface area (Å²) in [5, 5.41) is 0. The summed E-state index contributed by atoms with van der Waals surface area (Å²) in [6, 6.07) is 6.27. The van der Waals surface area contributed by atoms with E-state index in [0.29, 0.717) is 12.5 Å². The first-order chi connectivity index (χ1) is 9.70. The van der Waals surface area contributed by atoms with Crippen LogP contribution < -0.4 is 0 Å². The van der Waals surface area contributed by atoms with Gasteiger partial charge in [0.15, 0.2) is 5.78 Å². The van der Waals surface area contributed by atoms with Crippen LogP contribution in [0.25, 0.3) is 0 Å². The summed E-state index contributed by atoms with van der Waals surface area (Å²) in [5.41, 5.74) is 0.732. The molecule has 1 aliphatic rings. The molecule has 0 spiro atoms. The highest BCUT2D eigenvalue weighted by Crippen LogP contribution is 2.29. The Labute approximate surface area is 120 Å². The van der Waals surface area contributed by atoms with Gasteiger partial charge in [-0.1, -0.05) is 31.4 Å². The molecule has 2 rings (SSSR count). The molecule has 1 fully saturated rings. The summed E-state index contributed by atoms with van der Waals surface area (Å²) in [4.78, 5) is 12.5. The zero-order chi connectivity index (χ0) is 14.4. The van der Waals surface area contributed by atoms with Gasteiger partial charge < -0.3 is 4.74 Å². The van der Waals surface area contributed by atoms with Crippen LogP contribution in [0.1, 0.15) is 44.6 Å². The van der Waals surface area contributed by atoms with E-state index < -0.39 is 0 Å². The number of rotatable bonds is 6. The molecule has 1 aromatic carbocycles. The Kier molecular flexibility index (Phi) is 5.72. The van der Waals surface area contributed by atoms with Crippen molar-refractivity contribution in [2.75, 3.05) is 6.61 Å². The minimum absolute atomic E-state index is 0.0874. The Morgan fingerprint density at radius 3 is 2.75 bits per heavy atom. The van der Waals surface area contributed by atoms with Crippen LogP contribution in [-0.4, -0.2) is 18.5 Å². The van der Waals surface area contributed by atoms with Crippen molar-refractivity contribution in [1.29, 1.82) is 0 Å². The van der Waals surface area contributed by atoms with E-state index in [0.717, 1.165) is 18.4 Å². The van der Waals surface area contributed by atoms with Gasteiger partial charge in [-0.2, -0.15) is 0 Å². The van der Waals surface area contributed by atoms with Crippen LogP contribution in [0.4, 0.5) is 4.39 Å². The van der Waals surface area contributed by atoms with Gasteiger partial charge in [0.1, 0.15) is 11.9 Å². The average molecular weight is 278 g/mol. The smallest absolute Gasteiger partial charge is 0.166 e. The van der Waals surface area contributed by atoms with Gasteiger partial charge in [0, 0.05) is 13.0 Å². The van der Waals surface area contributed by atoms with Crippen LogP contribution >= 0.6 is 0 Å². The second-order valence-electron chi connectivity index (χ2n) is 5.55. The predicted octanol–water partition coefficient (Wildman–Crippen LogP) is 3.92. The Bertz CT molecular complexity index is 438. The van der Waals surface area contributed by atoms with E-state index >= 15 is 0 Å². The standard InChI is InChI=1S/C17H23FO2/c1-2-20-17(14-8-4-3-5-9-14)16(19)12-13-7-6-10-15(18)11-13/h6-7,10-11,14,17H,2-5,8-9,12H2,1H3. The molecule has 110 valence electrons. The van der Waals surface area contributed by atoms with E-state index in [2.05, 4.69) is 0 Å². The lowest BCUT2D eigenvalue weighted by atomic mass is 9.82. The summed E-state index contributed by atoms with van der Waals surface area (Å²) in [6.45, 7) is 2.47. The summed E-state index contributed by atoms with van der Waals surface area (Å²) < 4.78 is 18.9. The molecule has 0 heterocycles. The average Bonchev–Trinajstić information content (AvgIpc) is 2.45. The van der Waals surface area contributed by atoms with Crippen molar-refractivity contribution < 1.29 is 13.9 Å². The van der Waals surface area contributed by atoms with E-state index in [1.807, 2.05) is 6.92 Å². The Morgan fingerprint density at radius 1 is 1.35 bits per heavy atom. The van der Waals surface area contributed by atoms with Crippen LogP contribution in [0.3, 0.4) is 0 Å². The lowest BCUT2D eigenvalue weighted by Crippen LogP contribution is -2.35. The highest BCUT2D eigenvalue weighted by atomic mass is 19.1. The lowest BCUT2D eigenvalue weighted by molar-refractivity contribution is -0.134. The number of ether oxygens (including phenoxy) is 1. The second kappa shape index (κ2) is 7.53. The number of carbonyl (C=O) groups is 1.